The molecule has 1 heterocycles. The molecule has 0 aliphatic rings. The number of nitrogens with one attached hydrogen (secondary N) is 1. The Kier molecular flexibility index (Phi) is 6.03. The number of benzene rings is 1. The molecule has 0 bridgehead atoms. The van der Waals surface area contributed by atoms with Gasteiger partial charge in [0.15, 0.2) is 5.16 Å². The number of aromatic nitrogens is 2. The minimum Gasteiger partial charge on any atom is -0.396 e. The van der Waals surface area contributed by atoms with Crippen LogP contribution in [0.4, 0.5) is 0 Å². The maximum atomic E-state index is 12.2. The van der Waals surface area contributed by atoms with E-state index in [1.165, 1.54) is 0 Å². The summed E-state index contributed by atoms with van der Waals surface area (Å²) in [6, 6.07) is 7.56. The van der Waals surface area contributed by atoms with Crippen molar-refractivity contribution in [3.63, 3.8) is 0 Å². The Morgan fingerprint density at radius 1 is 1.50 bits per heavy atom. The average Bonchev–Trinajstić information content (AvgIpc) is 2.91. The van der Waals surface area contributed by atoms with E-state index in [0.29, 0.717) is 12.0 Å². The second-order valence-electron chi connectivity index (χ2n) is 5.20. The molecule has 0 saturated heterocycles. The molecule has 1 amide bonds. The zero-order valence-corrected chi connectivity index (χ0v) is 13.6. The number of imidazole rings is 1. The number of carbonyl (C=O) groups excluding carboxylic acids is 1. The fraction of sp³-hybridized carbons (Fsp3) is 0.375. The maximum absolute atomic E-state index is 12.2. The van der Waals surface area contributed by atoms with Crippen LogP contribution in [0.5, 0.6) is 0 Å². The third kappa shape index (κ3) is 4.61. The van der Waals surface area contributed by atoms with Gasteiger partial charge in [-0.2, -0.15) is 0 Å². The fourth-order valence-electron chi connectivity index (χ4n) is 2.01. The van der Waals surface area contributed by atoms with Crippen LogP contribution in [-0.4, -0.2) is 33.2 Å². The van der Waals surface area contributed by atoms with E-state index in [2.05, 4.69) is 10.3 Å². The second-order valence-corrected chi connectivity index (χ2v) is 6.14. The first-order valence-corrected chi connectivity index (χ1v) is 8.19. The lowest BCUT2D eigenvalue weighted by atomic mass is 10.1. The maximum Gasteiger partial charge on any atom is 0.251 e. The van der Waals surface area contributed by atoms with Gasteiger partial charge >= 0.3 is 0 Å². The van der Waals surface area contributed by atoms with Crippen LogP contribution in [0.3, 0.4) is 0 Å². The molecule has 0 radical (unpaired) electrons. The predicted molar refractivity (Wildman–Crippen MR) is 87.8 cm³/mol. The van der Waals surface area contributed by atoms with E-state index in [1.54, 1.807) is 24.0 Å². The third-order valence-corrected chi connectivity index (χ3v) is 4.40. The highest BCUT2D eigenvalue weighted by Crippen LogP contribution is 2.21. The van der Waals surface area contributed by atoms with Crippen molar-refractivity contribution in [3.05, 3.63) is 47.8 Å². The minimum absolute atomic E-state index is 0.0388. The van der Waals surface area contributed by atoms with Crippen molar-refractivity contribution in [3.8, 4) is 0 Å². The standard InChI is InChI=1S/C16H21N3O2S/c1-12(6-9-20)18-15(21)14-5-3-4-13(10-14)11-22-16-17-7-8-19(16)2/h3-5,7-8,10,12,20H,6,9,11H2,1-2H3,(H,18,21). The van der Waals surface area contributed by atoms with Gasteiger partial charge in [-0.15, -0.1) is 0 Å². The number of nitrogens with zero attached hydrogens (tertiary/aromatic N) is 2. The predicted octanol–water partition coefficient (Wildman–Crippen LogP) is 2.21. The molecule has 2 N–H and O–H groups in total. The molecule has 5 nitrogen and oxygen atoms in total. The van der Waals surface area contributed by atoms with Crippen LogP contribution in [0.1, 0.15) is 29.3 Å². The van der Waals surface area contributed by atoms with Crippen molar-refractivity contribution in [1.29, 1.82) is 0 Å². The SMILES string of the molecule is CC(CCO)NC(=O)c1cccc(CSc2nccn2C)c1. The van der Waals surface area contributed by atoms with Gasteiger partial charge in [-0.25, -0.2) is 4.98 Å². The van der Waals surface area contributed by atoms with Crippen molar-refractivity contribution >= 4 is 17.7 Å². The number of amides is 1. The van der Waals surface area contributed by atoms with Gasteiger partial charge in [0, 0.05) is 43.4 Å². The third-order valence-electron chi connectivity index (χ3n) is 3.27. The molecule has 6 heteroatoms. The van der Waals surface area contributed by atoms with Crippen molar-refractivity contribution < 1.29 is 9.90 Å². The second kappa shape index (κ2) is 8.00. The molecule has 0 spiro atoms. The van der Waals surface area contributed by atoms with Crippen molar-refractivity contribution in [2.45, 2.75) is 30.3 Å². The molecule has 0 aliphatic heterocycles. The Morgan fingerprint density at radius 2 is 2.32 bits per heavy atom. The number of hydrogen-bond donors (Lipinski definition) is 2. The lowest BCUT2D eigenvalue weighted by Gasteiger charge is -2.13. The Hall–Kier alpha value is -1.79. The molecule has 118 valence electrons. The fourth-order valence-corrected chi connectivity index (χ4v) is 2.89. The average molecular weight is 319 g/mol. The smallest absolute Gasteiger partial charge is 0.251 e. The number of aryl methyl sites for hydroxylation is 1. The van der Waals surface area contributed by atoms with Crippen LogP contribution in [0.15, 0.2) is 41.8 Å². The Labute approximate surface area is 134 Å². The molecule has 1 atom stereocenters. The number of carbonyl (C=O) groups is 1. The van der Waals surface area contributed by atoms with Crippen LogP contribution in [0.2, 0.25) is 0 Å². The van der Waals surface area contributed by atoms with Crippen molar-refractivity contribution in [2.24, 2.45) is 7.05 Å². The monoisotopic (exact) mass is 319 g/mol. The number of aliphatic hydroxyl groups is 1. The molecular weight excluding hydrogens is 298 g/mol. The van der Waals surface area contributed by atoms with Gasteiger partial charge in [0.25, 0.3) is 5.91 Å². The molecule has 0 saturated carbocycles. The number of hydrogen-bond acceptors (Lipinski definition) is 4. The number of rotatable bonds is 7. The summed E-state index contributed by atoms with van der Waals surface area (Å²) in [5.74, 6) is 0.655. The van der Waals surface area contributed by atoms with Gasteiger partial charge < -0.3 is 15.0 Å². The molecule has 1 aromatic carbocycles. The van der Waals surface area contributed by atoms with Gasteiger partial charge in [0.1, 0.15) is 0 Å². The largest absolute Gasteiger partial charge is 0.396 e. The van der Waals surface area contributed by atoms with E-state index in [1.807, 2.05) is 42.9 Å². The highest BCUT2D eigenvalue weighted by molar-refractivity contribution is 7.98. The molecule has 1 unspecified atom stereocenters. The molecule has 0 aliphatic carbocycles. The van der Waals surface area contributed by atoms with Gasteiger partial charge in [-0.3, -0.25) is 4.79 Å². The molecule has 0 fully saturated rings. The molecule has 22 heavy (non-hydrogen) atoms. The zero-order chi connectivity index (χ0) is 15.9. The zero-order valence-electron chi connectivity index (χ0n) is 12.8. The molecule has 2 rings (SSSR count). The first kappa shape index (κ1) is 16.6. The summed E-state index contributed by atoms with van der Waals surface area (Å²) in [6.45, 7) is 1.96. The Balaban J connectivity index is 1.97. The number of aliphatic hydroxyl groups excluding tert-OH is 1. The summed E-state index contributed by atoms with van der Waals surface area (Å²) in [5.41, 5.74) is 1.72. The van der Waals surface area contributed by atoms with Gasteiger partial charge in [-0.05, 0) is 31.0 Å². The summed E-state index contributed by atoms with van der Waals surface area (Å²) >= 11 is 1.64. The van der Waals surface area contributed by atoms with Gasteiger partial charge in [-0.1, -0.05) is 23.9 Å². The molecule has 2 aromatic rings. The summed E-state index contributed by atoms with van der Waals surface area (Å²) in [7, 11) is 1.96. The van der Waals surface area contributed by atoms with E-state index in [4.69, 9.17) is 5.11 Å². The lowest BCUT2D eigenvalue weighted by Crippen LogP contribution is -2.33. The Bertz CT molecular complexity index is 627. The van der Waals surface area contributed by atoms with Crippen molar-refractivity contribution in [2.75, 3.05) is 6.61 Å². The van der Waals surface area contributed by atoms with Gasteiger partial charge in [0.2, 0.25) is 0 Å². The van der Waals surface area contributed by atoms with Crippen LogP contribution in [-0.2, 0) is 12.8 Å². The van der Waals surface area contributed by atoms with E-state index < -0.39 is 0 Å². The first-order valence-electron chi connectivity index (χ1n) is 7.21. The van der Waals surface area contributed by atoms with E-state index in [0.717, 1.165) is 16.5 Å². The normalized spacial score (nSPS) is 12.1. The summed E-state index contributed by atoms with van der Waals surface area (Å²) in [4.78, 5) is 16.4. The summed E-state index contributed by atoms with van der Waals surface area (Å²) < 4.78 is 1.97. The topological polar surface area (TPSA) is 67.2 Å². The summed E-state index contributed by atoms with van der Waals surface area (Å²) in [5, 5.41) is 12.7. The van der Waals surface area contributed by atoms with Crippen LogP contribution >= 0.6 is 11.8 Å². The van der Waals surface area contributed by atoms with Crippen LogP contribution < -0.4 is 5.32 Å². The summed E-state index contributed by atoms with van der Waals surface area (Å²) in [6.07, 6.45) is 4.24. The Morgan fingerprint density at radius 3 is 3.00 bits per heavy atom. The molecule has 1 aromatic heterocycles. The van der Waals surface area contributed by atoms with E-state index >= 15 is 0 Å². The quantitative estimate of drug-likeness (QED) is 0.768. The van der Waals surface area contributed by atoms with Crippen LogP contribution in [0.25, 0.3) is 0 Å². The van der Waals surface area contributed by atoms with E-state index in [9.17, 15) is 4.79 Å². The highest BCUT2D eigenvalue weighted by Gasteiger charge is 2.10. The lowest BCUT2D eigenvalue weighted by molar-refractivity contribution is 0.0934. The minimum atomic E-state index is -0.107. The van der Waals surface area contributed by atoms with Gasteiger partial charge in [0.05, 0.1) is 0 Å². The first-order chi connectivity index (χ1) is 10.6. The molecular formula is C16H21N3O2S. The van der Waals surface area contributed by atoms with Crippen LogP contribution in [0, 0.1) is 0 Å². The van der Waals surface area contributed by atoms with Crippen molar-refractivity contribution in [1.82, 2.24) is 14.9 Å². The number of thioether (sulfide) groups is 1. The van der Waals surface area contributed by atoms with E-state index in [-0.39, 0.29) is 18.6 Å². The highest BCUT2D eigenvalue weighted by atomic mass is 32.2.